The molecule has 1 aromatic heterocycles. The second kappa shape index (κ2) is 7.49. The number of benzene rings is 1. The lowest BCUT2D eigenvalue weighted by Crippen LogP contribution is -2.13. The predicted molar refractivity (Wildman–Crippen MR) is 87.9 cm³/mol. The molecule has 2 rings (SSSR count). The van der Waals surface area contributed by atoms with Crippen molar-refractivity contribution in [3.63, 3.8) is 0 Å². The molecule has 0 atom stereocenters. The van der Waals surface area contributed by atoms with Gasteiger partial charge in [-0.1, -0.05) is 0 Å². The number of anilines is 1. The van der Waals surface area contributed by atoms with Crippen LogP contribution in [0.4, 0.5) is 11.5 Å². The van der Waals surface area contributed by atoms with Crippen molar-refractivity contribution in [2.24, 2.45) is 0 Å². The first kappa shape index (κ1) is 17.3. The molecule has 0 saturated carbocycles. The van der Waals surface area contributed by atoms with Gasteiger partial charge in [0.25, 0.3) is 0 Å². The third kappa shape index (κ3) is 4.48. The summed E-state index contributed by atoms with van der Waals surface area (Å²) in [4.78, 5) is 33.2. The van der Waals surface area contributed by atoms with E-state index in [0.717, 1.165) is 0 Å². The molecule has 1 aromatic carbocycles. The molecule has 1 heterocycles. The van der Waals surface area contributed by atoms with Gasteiger partial charge < -0.3 is 15.4 Å². The molecule has 0 spiro atoms. The molecule has 0 saturated heterocycles. The molecule has 2 aromatic rings. The highest BCUT2D eigenvalue weighted by atomic mass is 16.6. The van der Waals surface area contributed by atoms with E-state index in [0.29, 0.717) is 29.9 Å². The largest absolute Gasteiger partial charge is 0.390 e. The Morgan fingerprint density at radius 2 is 1.96 bits per heavy atom. The van der Waals surface area contributed by atoms with Gasteiger partial charge >= 0.3 is 5.82 Å². The topological polar surface area (TPSA) is 107 Å². The van der Waals surface area contributed by atoms with Crippen LogP contribution in [0.25, 0.3) is 0 Å². The molecule has 1 N–H and O–H groups in total. The average Bonchev–Trinajstić information content (AvgIpc) is 2.89. The fraction of sp³-hybridized carbons (Fsp3) is 0.312. The van der Waals surface area contributed by atoms with E-state index in [2.05, 4.69) is 10.4 Å². The summed E-state index contributed by atoms with van der Waals surface area (Å²) in [6.07, 6.45) is 0.776. The van der Waals surface area contributed by atoms with Crippen LogP contribution in [-0.4, -0.2) is 26.4 Å². The summed E-state index contributed by atoms with van der Waals surface area (Å²) in [6, 6.07) is 8.07. The summed E-state index contributed by atoms with van der Waals surface area (Å²) in [6.45, 7) is 3.64. The van der Waals surface area contributed by atoms with Gasteiger partial charge in [-0.25, -0.2) is 0 Å². The zero-order valence-corrected chi connectivity index (χ0v) is 13.5. The Balaban J connectivity index is 1.83. The predicted octanol–water partition coefficient (Wildman–Crippen LogP) is 2.72. The third-order valence-electron chi connectivity index (χ3n) is 3.50. The Bertz CT molecular complexity index is 765. The van der Waals surface area contributed by atoms with Crippen molar-refractivity contribution in [3.05, 3.63) is 51.7 Å². The Morgan fingerprint density at radius 3 is 2.50 bits per heavy atom. The van der Waals surface area contributed by atoms with E-state index in [1.54, 1.807) is 31.2 Å². The van der Waals surface area contributed by atoms with Crippen LogP contribution in [0.15, 0.2) is 30.3 Å². The molecular formula is C16H18N4O4. The highest BCUT2D eigenvalue weighted by Gasteiger charge is 2.15. The molecular weight excluding hydrogens is 312 g/mol. The minimum Gasteiger partial charge on any atom is -0.358 e. The van der Waals surface area contributed by atoms with Crippen molar-refractivity contribution < 1.29 is 14.5 Å². The number of aromatic nitrogens is 2. The van der Waals surface area contributed by atoms with Crippen LogP contribution in [0.3, 0.4) is 0 Å². The van der Waals surface area contributed by atoms with Crippen LogP contribution in [-0.2, 0) is 11.3 Å². The number of rotatable bonds is 7. The van der Waals surface area contributed by atoms with Crippen molar-refractivity contribution in [1.29, 1.82) is 0 Å². The van der Waals surface area contributed by atoms with Crippen LogP contribution >= 0.6 is 0 Å². The van der Waals surface area contributed by atoms with E-state index in [-0.39, 0.29) is 23.9 Å². The zero-order valence-electron chi connectivity index (χ0n) is 13.5. The van der Waals surface area contributed by atoms with Gasteiger partial charge in [0.15, 0.2) is 5.78 Å². The van der Waals surface area contributed by atoms with Gasteiger partial charge in [-0.05, 0) is 49.5 Å². The fourth-order valence-corrected chi connectivity index (χ4v) is 2.21. The maximum Gasteiger partial charge on any atom is 0.390 e. The first-order chi connectivity index (χ1) is 11.4. The molecule has 126 valence electrons. The number of hydrogen-bond acceptors (Lipinski definition) is 5. The second-order valence-corrected chi connectivity index (χ2v) is 5.41. The number of carbonyl (C=O) groups excluding carboxylic acids is 2. The number of ketones is 1. The van der Waals surface area contributed by atoms with E-state index in [9.17, 15) is 19.7 Å². The molecule has 0 fully saturated rings. The summed E-state index contributed by atoms with van der Waals surface area (Å²) in [5, 5.41) is 17.3. The minimum absolute atomic E-state index is 0.0310. The maximum atomic E-state index is 11.9. The smallest absolute Gasteiger partial charge is 0.358 e. The van der Waals surface area contributed by atoms with Gasteiger partial charge in [-0.2, -0.15) is 4.68 Å². The van der Waals surface area contributed by atoms with Gasteiger partial charge in [-0.3, -0.25) is 9.59 Å². The molecule has 0 unspecified atom stereocenters. The molecule has 8 nitrogen and oxygen atoms in total. The number of aryl methyl sites for hydroxylation is 2. The summed E-state index contributed by atoms with van der Waals surface area (Å²) < 4.78 is 1.52. The lowest BCUT2D eigenvalue weighted by Gasteiger charge is -2.05. The standard InChI is InChI=1S/C16H18N4O4/c1-11-10-15(20(23)24)18-19(11)9-3-4-16(22)17-14-7-5-13(6-8-14)12(2)21/h5-8,10H,3-4,9H2,1-2H3,(H,17,22). The quantitative estimate of drug-likeness (QED) is 0.477. The number of nitro groups is 1. The number of Topliss-reactive ketones (excluding diaryl/α,β-unsaturated/α-hetero) is 1. The van der Waals surface area contributed by atoms with E-state index in [1.807, 2.05) is 0 Å². The monoisotopic (exact) mass is 330 g/mol. The lowest BCUT2D eigenvalue weighted by molar-refractivity contribution is -0.389. The summed E-state index contributed by atoms with van der Waals surface area (Å²) in [7, 11) is 0. The maximum absolute atomic E-state index is 11.9. The molecule has 24 heavy (non-hydrogen) atoms. The van der Waals surface area contributed by atoms with E-state index in [1.165, 1.54) is 17.7 Å². The molecule has 1 amide bonds. The van der Waals surface area contributed by atoms with Gasteiger partial charge in [0.05, 0.1) is 23.4 Å². The van der Waals surface area contributed by atoms with Crippen LogP contribution in [0.1, 0.15) is 35.8 Å². The van der Waals surface area contributed by atoms with Crippen molar-refractivity contribution in [3.8, 4) is 0 Å². The van der Waals surface area contributed by atoms with Crippen LogP contribution < -0.4 is 5.32 Å². The van der Waals surface area contributed by atoms with Gasteiger partial charge in [-0.15, -0.1) is 0 Å². The first-order valence-corrected chi connectivity index (χ1v) is 7.46. The van der Waals surface area contributed by atoms with Crippen molar-refractivity contribution >= 4 is 23.2 Å². The average molecular weight is 330 g/mol. The van der Waals surface area contributed by atoms with Gasteiger partial charge in [0.2, 0.25) is 5.91 Å². The molecule has 0 radical (unpaired) electrons. The number of amides is 1. The van der Waals surface area contributed by atoms with E-state index < -0.39 is 4.92 Å². The van der Waals surface area contributed by atoms with Crippen molar-refractivity contribution in [2.75, 3.05) is 5.32 Å². The number of nitrogens with one attached hydrogen (secondary N) is 1. The van der Waals surface area contributed by atoms with Crippen LogP contribution in [0.2, 0.25) is 0 Å². The first-order valence-electron chi connectivity index (χ1n) is 7.46. The summed E-state index contributed by atoms with van der Waals surface area (Å²) in [5.74, 6) is -0.385. The molecule has 0 bridgehead atoms. The minimum atomic E-state index is -0.541. The molecule has 8 heteroatoms. The highest BCUT2D eigenvalue weighted by molar-refractivity contribution is 5.95. The summed E-state index contributed by atoms with van der Waals surface area (Å²) in [5.41, 5.74) is 1.89. The van der Waals surface area contributed by atoms with Gasteiger partial charge in [0.1, 0.15) is 0 Å². The van der Waals surface area contributed by atoms with Crippen LogP contribution in [0, 0.1) is 17.0 Å². The second-order valence-electron chi connectivity index (χ2n) is 5.41. The molecule has 0 aliphatic rings. The number of nitrogens with zero attached hydrogens (tertiary/aromatic N) is 3. The lowest BCUT2D eigenvalue weighted by atomic mass is 10.1. The Kier molecular flexibility index (Phi) is 5.41. The molecule has 0 aliphatic carbocycles. The molecule has 0 aliphatic heterocycles. The van der Waals surface area contributed by atoms with E-state index in [4.69, 9.17) is 0 Å². The Hall–Kier alpha value is -3.03. The highest BCUT2D eigenvalue weighted by Crippen LogP contribution is 2.13. The van der Waals surface area contributed by atoms with E-state index >= 15 is 0 Å². The van der Waals surface area contributed by atoms with Crippen LogP contribution in [0.5, 0.6) is 0 Å². The third-order valence-corrected chi connectivity index (χ3v) is 3.50. The Morgan fingerprint density at radius 1 is 1.29 bits per heavy atom. The SMILES string of the molecule is CC(=O)c1ccc(NC(=O)CCCn2nc([N+](=O)[O-])cc2C)cc1. The zero-order chi connectivity index (χ0) is 17.7. The van der Waals surface area contributed by atoms with Gasteiger partial charge in [0, 0.05) is 17.7 Å². The number of hydrogen-bond donors (Lipinski definition) is 1. The fourth-order valence-electron chi connectivity index (χ4n) is 2.21. The van der Waals surface area contributed by atoms with Crippen molar-refractivity contribution in [2.45, 2.75) is 33.2 Å². The van der Waals surface area contributed by atoms with Crippen molar-refractivity contribution in [1.82, 2.24) is 9.78 Å². The summed E-state index contributed by atoms with van der Waals surface area (Å²) >= 11 is 0. The number of carbonyl (C=O) groups is 2. The normalized spacial score (nSPS) is 10.4. The Labute approximate surface area is 138 Å².